The van der Waals surface area contributed by atoms with E-state index in [2.05, 4.69) is 43.4 Å². The van der Waals surface area contributed by atoms with Gasteiger partial charge in [0.2, 0.25) is 5.82 Å². The zero-order valence-electron chi connectivity index (χ0n) is 13.2. The molecule has 0 saturated carbocycles. The highest BCUT2D eigenvalue weighted by Gasteiger charge is 2.29. The summed E-state index contributed by atoms with van der Waals surface area (Å²) in [5, 5.41) is 2.99. The molecule has 1 aliphatic heterocycles. The number of aromatic nitrogens is 4. The van der Waals surface area contributed by atoms with Crippen LogP contribution in [0.3, 0.4) is 0 Å². The van der Waals surface area contributed by atoms with Crippen LogP contribution in [0.5, 0.6) is 0 Å². The number of imidazole rings is 1. The quantitative estimate of drug-likeness (QED) is 0.918. The molecule has 0 atom stereocenters. The highest BCUT2D eigenvalue weighted by Crippen LogP contribution is 2.20. The Morgan fingerprint density at radius 3 is 2.92 bits per heavy atom. The molecular formula is C17H18N6O. The number of amides is 1. The second kappa shape index (κ2) is 6.27. The van der Waals surface area contributed by atoms with E-state index in [1.807, 2.05) is 0 Å². The zero-order chi connectivity index (χ0) is 16.4. The maximum Gasteiger partial charge on any atom is 0.289 e. The van der Waals surface area contributed by atoms with Gasteiger partial charge < -0.3 is 10.2 Å². The van der Waals surface area contributed by atoms with Crippen LogP contribution < -0.4 is 5.32 Å². The number of hydrogen-bond donors (Lipinski definition) is 1. The Bertz CT molecular complexity index is 789. The van der Waals surface area contributed by atoms with Gasteiger partial charge in [-0.05, 0) is 25.0 Å². The first-order valence-electron chi connectivity index (χ1n) is 8.03. The largest absolute Gasteiger partial charge is 0.368 e. The van der Waals surface area contributed by atoms with Crippen molar-refractivity contribution in [3.8, 4) is 5.82 Å². The highest BCUT2D eigenvalue weighted by molar-refractivity contribution is 5.90. The van der Waals surface area contributed by atoms with Gasteiger partial charge in [-0.1, -0.05) is 12.2 Å². The number of carbonyl (C=O) groups is 1. The lowest BCUT2D eigenvalue weighted by Crippen LogP contribution is -2.58. The molecule has 0 bridgehead atoms. The molecule has 1 aliphatic carbocycles. The van der Waals surface area contributed by atoms with Gasteiger partial charge in [-0.2, -0.15) is 0 Å². The molecule has 0 unspecified atom stereocenters. The van der Waals surface area contributed by atoms with E-state index in [1.54, 1.807) is 35.6 Å². The molecule has 2 aliphatic rings. The molecule has 0 aromatic carbocycles. The van der Waals surface area contributed by atoms with Crippen molar-refractivity contribution in [1.82, 2.24) is 29.7 Å². The SMILES string of the molecule is O=C(NC1CN(C2=CCCC=C2)C1)c1nccc(-n2ccnc2)n1. The Labute approximate surface area is 139 Å². The third-order valence-corrected chi connectivity index (χ3v) is 4.17. The van der Waals surface area contributed by atoms with Crippen LogP contribution in [0.4, 0.5) is 0 Å². The average Bonchev–Trinajstić information content (AvgIpc) is 3.13. The van der Waals surface area contributed by atoms with Crippen molar-refractivity contribution in [1.29, 1.82) is 0 Å². The normalized spacial score (nSPS) is 17.3. The highest BCUT2D eigenvalue weighted by atomic mass is 16.2. The van der Waals surface area contributed by atoms with Crippen LogP contribution in [-0.2, 0) is 0 Å². The molecule has 7 heteroatoms. The number of carbonyl (C=O) groups excluding carboxylic acids is 1. The fourth-order valence-corrected chi connectivity index (χ4v) is 2.86. The van der Waals surface area contributed by atoms with Gasteiger partial charge in [-0.25, -0.2) is 15.0 Å². The van der Waals surface area contributed by atoms with E-state index in [0.717, 1.165) is 25.9 Å². The number of nitrogens with one attached hydrogen (secondary N) is 1. The van der Waals surface area contributed by atoms with Crippen molar-refractivity contribution in [2.75, 3.05) is 13.1 Å². The van der Waals surface area contributed by atoms with E-state index in [0.29, 0.717) is 5.82 Å². The minimum atomic E-state index is -0.241. The number of likely N-dealkylation sites (tertiary alicyclic amines) is 1. The number of allylic oxidation sites excluding steroid dienone is 3. The van der Waals surface area contributed by atoms with E-state index in [1.165, 1.54) is 5.70 Å². The fraction of sp³-hybridized carbons (Fsp3) is 0.294. The van der Waals surface area contributed by atoms with Crippen LogP contribution in [0, 0.1) is 0 Å². The van der Waals surface area contributed by atoms with Gasteiger partial charge in [0.25, 0.3) is 5.91 Å². The number of hydrogen-bond acceptors (Lipinski definition) is 5. The number of nitrogens with zero attached hydrogens (tertiary/aromatic N) is 5. The van der Waals surface area contributed by atoms with E-state index < -0.39 is 0 Å². The molecule has 4 rings (SSSR count). The minimum Gasteiger partial charge on any atom is -0.368 e. The summed E-state index contributed by atoms with van der Waals surface area (Å²) in [5.41, 5.74) is 1.25. The van der Waals surface area contributed by atoms with Crippen LogP contribution in [0.1, 0.15) is 23.5 Å². The van der Waals surface area contributed by atoms with Gasteiger partial charge in [0.1, 0.15) is 12.1 Å². The summed E-state index contributed by atoms with van der Waals surface area (Å²) in [5.74, 6) is 0.562. The van der Waals surface area contributed by atoms with E-state index >= 15 is 0 Å². The predicted molar refractivity (Wildman–Crippen MR) is 88.4 cm³/mol. The Hall–Kier alpha value is -2.96. The lowest BCUT2D eigenvalue weighted by Gasteiger charge is -2.42. The van der Waals surface area contributed by atoms with Gasteiger partial charge in [0.15, 0.2) is 0 Å². The van der Waals surface area contributed by atoms with Gasteiger partial charge >= 0.3 is 0 Å². The molecule has 122 valence electrons. The van der Waals surface area contributed by atoms with Crippen molar-refractivity contribution in [3.05, 3.63) is 60.7 Å². The monoisotopic (exact) mass is 322 g/mol. The van der Waals surface area contributed by atoms with Crippen LogP contribution in [-0.4, -0.2) is 49.5 Å². The standard InChI is InChI=1S/C17H18N6O/c24-17(16-19-7-6-15(21-16)22-9-8-18-12-22)20-13-10-23(11-13)14-4-2-1-3-5-14/h2,4-9,12-13H,1,3,10-11H2,(H,20,24). The van der Waals surface area contributed by atoms with Gasteiger partial charge in [0.05, 0.1) is 6.04 Å². The Balaban J connectivity index is 1.37. The molecule has 1 fully saturated rings. The van der Waals surface area contributed by atoms with Crippen LogP contribution in [0.15, 0.2) is 54.9 Å². The summed E-state index contributed by atoms with van der Waals surface area (Å²) in [6.45, 7) is 1.65. The summed E-state index contributed by atoms with van der Waals surface area (Å²) in [7, 11) is 0. The van der Waals surface area contributed by atoms with E-state index in [4.69, 9.17) is 0 Å². The van der Waals surface area contributed by atoms with Crippen molar-refractivity contribution in [2.24, 2.45) is 0 Å². The Morgan fingerprint density at radius 2 is 2.17 bits per heavy atom. The van der Waals surface area contributed by atoms with Crippen molar-refractivity contribution in [2.45, 2.75) is 18.9 Å². The first-order valence-corrected chi connectivity index (χ1v) is 8.03. The minimum absolute atomic E-state index is 0.134. The molecule has 2 aromatic rings. The first kappa shape index (κ1) is 14.6. The summed E-state index contributed by atoms with van der Waals surface area (Å²) >= 11 is 0. The van der Waals surface area contributed by atoms with Crippen LogP contribution >= 0.6 is 0 Å². The van der Waals surface area contributed by atoms with Gasteiger partial charge in [-0.3, -0.25) is 9.36 Å². The van der Waals surface area contributed by atoms with Gasteiger partial charge in [0, 0.05) is 37.4 Å². The molecule has 3 heterocycles. The Morgan fingerprint density at radius 1 is 1.25 bits per heavy atom. The van der Waals surface area contributed by atoms with Crippen LogP contribution in [0.25, 0.3) is 5.82 Å². The third kappa shape index (κ3) is 2.92. The lowest BCUT2D eigenvalue weighted by atomic mass is 10.0. The molecule has 2 aromatic heterocycles. The molecule has 0 spiro atoms. The molecule has 1 amide bonds. The summed E-state index contributed by atoms with van der Waals surface area (Å²) < 4.78 is 1.74. The predicted octanol–water partition coefficient (Wildman–Crippen LogP) is 1.31. The summed E-state index contributed by atoms with van der Waals surface area (Å²) in [6, 6.07) is 1.88. The van der Waals surface area contributed by atoms with Crippen molar-refractivity contribution >= 4 is 5.91 Å². The average molecular weight is 322 g/mol. The summed E-state index contributed by atoms with van der Waals surface area (Å²) in [6.07, 6.45) is 15.5. The second-order valence-corrected chi connectivity index (χ2v) is 5.89. The van der Waals surface area contributed by atoms with Crippen molar-refractivity contribution < 1.29 is 4.79 Å². The molecular weight excluding hydrogens is 304 g/mol. The molecule has 1 saturated heterocycles. The fourth-order valence-electron chi connectivity index (χ4n) is 2.86. The maximum absolute atomic E-state index is 12.3. The lowest BCUT2D eigenvalue weighted by molar-refractivity contribution is 0.0857. The van der Waals surface area contributed by atoms with E-state index in [-0.39, 0.29) is 17.8 Å². The topological polar surface area (TPSA) is 75.9 Å². The maximum atomic E-state index is 12.3. The first-order chi connectivity index (χ1) is 11.8. The smallest absolute Gasteiger partial charge is 0.289 e. The Kier molecular flexibility index (Phi) is 3.82. The zero-order valence-corrected chi connectivity index (χ0v) is 13.2. The van der Waals surface area contributed by atoms with Crippen LogP contribution in [0.2, 0.25) is 0 Å². The second-order valence-electron chi connectivity index (χ2n) is 5.89. The molecule has 7 nitrogen and oxygen atoms in total. The van der Waals surface area contributed by atoms with Gasteiger partial charge in [-0.15, -0.1) is 0 Å². The number of rotatable bonds is 4. The van der Waals surface area contributed by atoms with Crippen molar-refractivity contribution in [3.63, 3.8) is 0 Å². The third-order valence-electron chi connectivity index (χ3n) is 4.17. The van der Waals surface area contributed by atoms with E-state index in [9.17, 15) is 4.79 Å². The molecule has 24 heavy (non-hydrogen) atoms. The molecule has 0 radical (unpaired) electrons. The molecule has 1 N–H and O–H groups in total. The summed E-state index contributed by atoms with van der Waals surface area (Å²) in [4.78, 5) is 27.0.